The molecule has 0 amide bonds. The molecule has 1 saturated carbocycles. The first-order valence-corrected chi connectivity index (χ1v) is 7.25. The van der Waals surface area contributed by atoms with Crippen molar-refractivity contribution in [2.45, 2.75) is 44.6 Å². The summed E-state index contributed by atoms with van der Waals surface area (Å²) in [5.41, 5.74) is 0. The van der Waals surface area contributed by atoms with Crippen molar-refractivity contribution in [1.82, 2.24) is 15.1 Å². The molecule has 102 valence electrons. The fourth-order valence-electron chi connectivity index (χ4n) is 2.53. The molecule has 0 atom stereocenters. The van der Waals surface area contributed by atoms with E-state index in [4.69, 9.17) is 0 Å². The third-order valence-electron chi connectivity index (χ3n) is 3.68. The van der Waals surface area contributed by atoms with E-state index in [9.17, 15) is 0 Å². The third kappa shape index (κ3) is 7.74. The van der Waals surface area contributed by atoms with Gasteiger partial charge in [0, 0.05) is 19.1 Å². The zero-order valence-electron chi connectivity index (χ0n) is 12.0. The van der Waals surface area contributed by atoms with Gasteiger partial charge >= 0.3 is 0 Å². The lowest BCUT2D eigenvalue weighted by molar-refractivity contribution is 0.286. The van der Waals surface area contributed by atoms with Crippen molar-refractivity contribution in [3.63, 3.8) is 0 Å². The second kappa shape index (κ2) is 8.90. The highest BCUT2D eigenvalue weighted by Crippen LogP contribution is 2.16. The van der Waals surface area contributed by atoms with Gasteiger partial charge < -0.3 is 15.1 Å². The van der Waals surface area contributed by atoms with Gasteiger partial charge in [0.2, 0.25) is 0 Å². The number of nitrogens with one attached hydrogen (secondary N) is 1. The van der Waals surface area contributed by atoms with Crippen molar-refractivity contribution in [1.29, 1.82) is 0 Å². The number of likely N-dealkylation sites (N-methyl/N-ethyl adjacent to an activating group) is 1. The summed E-state index contributed by atoms with van der Waals surface area (Å²) in [6, 6.07) is 0.805. The lowest BCUT2D eigenvalue weighted by atomic mass is 9.95. The third-order valence-corrected chi connectivity index (χ3v) is 3.68. The predicted molar refractivity (Wildman–Crippen MR) is 75.5 cm³/mol. The zero-order valence-corrected chi connectivity index (χ0v) is 12.0. The van der Waals surface area contributed by atoms with Gasteiger partial charge in [-0.1, -0.05) is 19.3 Å². The van der Waals surface area contributed by atoms with E-state index in [-0.39, 0.29) is 0 Å². The fourth-order valence-corrected chi connectivity index (χ4v) is 2.53. The van der Waals surface area contributed by atoms with E-state index in [1.807, 2.05) is 0 Å². The number of hydrogen-bond donors (Lipinski definition) is 1. The Kier molecular flexibility index (Phi) is 7.82. The number of hydrogen-bond acceptors (Lipinski definition) is 3. The molecule has 0 radical (unpaired) electrons. The molecule has 17 heavy (non-hydrogen) atoms. The Morgan fingerprint density at radius 1 is 0.941 bits per heavy atom. The Balaban J connectivity index is 1.93. The second-order valence-electron chi connectivity index (χ2n) is 5.75. The van der Waals surface area contributed by atoms with Crippen molar-refractivity contribution in [3.8, 4) is 0 Å². The van der Waals surface area contributed by atoms with Crippen LogP contribution in [0.25, 0.3) is 0 Å². The number of rotatable bonds is 8. The van der Waals surface area contributed by atoms with Gasteiger partial charge in [-0.2, -0.15) is 0 Å². The molecule has 3 heteroatoms. The van der Waals surface area contributed by atoms with Crippen LogP contribution in [0.1, 0.15) is 38.5 Å². The maximum atomic E-state index is 3.70. The standard InChI is InChI=1S/C14H31N3/c1-16(2)11-7-12-17(3)13-10-15-14-8-5-4-6-9-14/h14-15H,4-13H2,1-3H3. The van der Waals surface area contributed by atoms with E-state index in [0.29, 0.717) is 0 Å². The van der Waals surface area contributed by atoms with Gasteiger partial charge in [-0.25, -0.2) is 0 Å². The van der Waals surface area contributed by atoms with Gasteiger partial charge in [-0.05, 0) is 53.5 Å². The normalized spacial score (nSPS) is 18.2. The summed E-state index contributed by atoms with van der Waals surface area (Å²) in [5.74, 6) is 0. The molecule has 0 aromatic rings. The van der Waals surface area contributed by atoms with E-state index in [2.05, 4.69) is 36.3 Å². The molecule has 0 heterocycles. The monoisotopic (exact) mass is 241 g/mol. The first kappa shape index (κ1) is 14.9. The topological polar surface area (TPSA) is 18.5 Å². The van der Waals surface area contributed by atoms with E-state index in [0.717, 1.165) is 12.6 Å². The average molecular weight is 241 g/mol. The van der Waals surface area contributed by atoms with Crippen LogP contribution in [-0.2, 0) is 0 Å². The molecule has 0 saturated heterocycles. The highest BCUT2D eigenvalue weighted by Gasteiger charge is 2.12. The minimum Gasteiger partial charge on any atom is -0.313 e. The molecule has 0 aliphatic heterocycles. The quantitative estimate of drug-likeness (QED) is 0.699. The van der Waals surface area contributed by atoms with E-state index < -0.39 is 0 Å². The molecule has 1 N–H and O–H groups in total. The molecule has 0 spiro atoms. The Morgan fingerprint density at radius 2 is 1.65 bits per heavy atom. The molecule has 0 bridgehead atoms. The van der Waals surface area contributed by atoms with Gasteiger partial charge in [-0.3, -0.25) is 0 Å². The molecule has 0 aromatic carbocycles. The van der Waals surface area contributed by atoms with Crippen LogP contribution >= 0.6 is 0 Å². The first-order valence-electron chi connectivity index (χ1n) is 7.25. The summed E-state index contributed by atoms with van der Waals surface area (Å²) < 4.78 is 0. The second-order valence-corrected chi connectivity index (χ2v) is 5.75. The lowest BCUT2D eigenvalue weighted by Gasteiger charge is -2.24. The van der Waals surface area contributed by atoms with Crippen molar-refractivity contribution in [2.24, 2.45) is 0 Å². The number of nitrogens with zero attached hydrogens (tertiary/aromatic N) is 2. The van der Waals surface area contributed by atoms with Crippen LogP contribution in [0, 0.1) is 0 Å². The summed E-state index contributed by atoms with van der Waals surface area (Å²) in [5, 5.41) is 3.70. The Labute approximate surface area is 108 Å². The molecule has 1 rings (SSSR count). The van der Waals surface area contributed by atoms with Crippen LogP contribution in [0.4, 0.5) is 0 Å². The van der Waals surface area contributed by atoms with Crippen molar-refractivity contribution < 1.29 is 0 Å². The molecule has 1 aliphatic rings. The maximum absolute atomic E-state index is 3.70. The van der Waals surface area contributed by atoms with Crippen LogP contribution in [0.15, 0.2) is 0 Å². The maximum Gasteiger partial charge on any atom is 0.0104 e. The fraction of sp³-hybridized carbons (Fsp3) is 1.00. The van der Waals surface area contributed by atoms with Gasteiger partial charge in [0.15, 0.2) is 0 Å². The van der Waals surface area contributed by atoms with Crippen LogP contribution in [0.5, 0.6) is 0 Å². The summed E-state index contributed by atoms with van der Waals surface area (Å²) in [6.07, 6.45) is 8.36. The summed E-state index contributed by atoms with van der Waals surface area (Å²) in [4.78, 5) is 4.70. The molecule has 0 aromatic heterocycles. The van der Waals surface area contributed by atoms with E-state index in [1.165, 1.54) is 58.2 Å². The smallest absolute Gasteiger partial charge is 0.0104 e. The molecule has 0 unspecified atom stereocenters. The predicted octanol–water partition coefficient (Wildman–Crippen LogP) is 1.79. The average Bonchev–Trinajstić information content (AvgIpc) is 2.30. The lowest BCUT2D eigenvalue weighted by Crippen LogP contribution is -2.37. The van der Waals surface area contributed by atoms with Crippen molar-refractivity contribution in [3.05, 3.63) is 0 Å². The minimum absolute atomic E-state index is 0.805. The molecule has 1 fully saturated rings. The first-order chi connectivity index (χ1) is 8.18. The van der Waals surface area contributed by atoms with Crippen LogP contribution in [0.3, 0.4) is 0 Å². The Morgan fingerprint density at radius 3 is 2.29 bits per heavy atom. The Hall–Kier alpha value is -0.120. The molecule has 1 aliphatic carbocycles. The minimum atomic E-state index is 0.805. The molecular formula is C14H31N3. The van der Waals surface area contributed by atoms with Gasteiger partial charge in [0.25, 0.3) is 0 Å². The van der Waals surface area contributed by atoms with E-state index in [1.54, 1.807) is 0 Å². The highest BCUT2D eigenvalue weighted by molar-refractivity contribution is 4.72. The SMILES string of the molecule is CN(C)CCCN(C)CCNC1CCCCC1. The van der Waals surface area contributed by atoms with Crippen LogP contribution in [0.2, 0.25) is 0 Å². The van der Waals surface area contributed by atoms with Crippen LogP contribution < -0.4 is 5.32 Å². The van der Waals surface area contributed by atoms with Crippen LogP contribution in [-0.4, -0.2) is 63.2 Å². The highest BCUT2D eigenvalue weighted by atomic mass is 15.1. The van der Waals surface area contributed by atoms with Crippen molar-refractivity contribution >= 4 is 0 Å². The van der Waals surface area contributed by atoms with Crippen molar-refractivity contribution in [2.75, 3.05) is 47.3 Å². The zero-order chi connectivity index (χ0) is 12.5. The summed E-state index contributed by atoms with van der Waals surface area (Å²) in [7, 11) is 6.52. The molecule has 3 nitrogen and oxygen atoms in total. The van der Waals surface area contributed by atoms with Gasteiger partial charge in [-0.15, -0.1) is 0 Å². The summed E-state index contributed by atoms with van der Waals surface area (Å²) >= 11 is 0. The Bertz CT molecular complexity index is 176. The molecular weight excluding hydrogens is 210 g/mol. The summed E-state index contributed by atoms with van der Waals surface area (Å²) in [6.45, 7) is 4.75. The van der Waals surface area contributed by atoms with Gasteiger partial charge in [0.05, 0.1) is 0 Å². The largest absolute Gasteiger partial charge is 0.313 e. The van der Waals surface area contributed by atoms with E-state index >= 15 is 0 Å². The van der Waals surface area contributed by atoms with Gasteiger partial charge in [0.1, 0.15) is 0 Å².